The van der Waals surface area contributed by atoms with Crippen LogP contribution in [0.25, 0.3) is 10.2 Å². The second kappa shape index (κ2) is 9.17. The van der Waals surface area contributed by atoms with E-state index in [1.165, 1.54) is 4.90 Å². The number of carbonyl (C=O) groups is 1. The molecule has 5 nitrogen and oxygen atoms in total. The summed E-state index contributed by atoms with van der Waals surface area (Å²) >= 11 is 1.57. The van der Waals surface area contributed by atoms with E-state index in [-0.39, 0.29) is 5.91 Å². The number of ether oxygens (including phenoxy) is 1. The number of methoxy groups -OCH3 is 1. The van der Waals surface area contributed by atoms with Crippen LogP contribution < -0.4 is 14.5 Å². The van der Waals surface area contributed by atoms with Crippen molar-refractivity contribution in [1.82, 2.24) is 4.98 Å². The van der Waals surface area contributed by atoms with Crippen LogP contribution in [0, 0.1) is 6.92 Å². The van der Waals surface area contributed by atoms with Crippen LogP contribution in [0.15, 0.2) is 42.5 Å². The van der Waals surface area contributed by atoms with Gasteiger partial charge in [-0.05, 0) is 24.1 Å². The Balaban J connectivity index is 1.92. The molecule has 3 aromatic rings. The SMILES string of the molecule is COc1ccc(C)c2sc(N(CCC[NH+](C)C)C(=O)Cc3ccccc3)nc12. The van der Waals surface area contributed by atoms with Crippen LogP contribution in [-0.4, -0.2) is 45.2 Å². The lowest BCUT2D eigenvalue weighted by Gasteiger charge is -2.20. The number of carbonyl (C=O) groups excluding carboxylic acids is 1. The molecule has 0 bridgehead atoms. The van der Waals surface area contributed by atoms with Gasteiger partial charge in [0, 0.05) is 13.0 Å². The Morgan fingerprint density at radius 1 is 1.18 bits per heavy atom. The highest BCUT2D eigenvalue weighted by molar-refractivity contribution is 7.22. The molecule has 0 radical (unpaired) electrons. The smallest absolute Gasteiger partial charge is 0.233 e. The Labute approximate surface area is 170 Å². The molecule has 0 saturated carbocycles. The first kappa shape index (κ1) is 20.3. The van der Waals surface area contributed by atoms with Gasteiger partial charge in [-0.2, -0.15) is 0 Å². The average Bonchev–Trinajstić information content (AvgIpc) is 3.12. The van der Waals surface area contributed by atoms with Crippen molar-refractivity contribution in [2.75, 3.05) is 39.2 Å². The highest BCUT2D eigenvalue weighted by Crippen LogP contribution is 2.36. The third kappa shape index (κ3) is 4.69. The maximum absolute atomic E-state index is 13.2. The molecule has 0 aliphatic rings. The quantitative estimate of drug-likeness (QED) is 0.635. The van der Waals surface area contributed by atoms with Crippen molar-refractivity contribution in [1.29, 1.82) is 0 Å². The molecule has 3 rings (SSSR count). The van der Waals surface area contributed by atoms with Crippen molar-refractivity contribution in [3.63, 3.8) is 0 Å². The van der Waals surface area contributed by atoms with Crippen molar-refractivity contribution in [3.05, 3.63) is 53.6 Å². The second-order valence-corrected chi connectivity index (χ2v) is 8.25. The highest BCUT2D eigenvalue weighted by atomic mass is 32.1. The summed E-state index contributed by atoms with van der Waals surface area (Å²) in [6.45, 7) is 3.73. The molecule has 0 atom stereocenters. The number of nitrogens with zero attached hydrogens (tertiary/aromatic N) is 2. The van der Waals surface area contributed by atoms with Crippen molar-refractivity contribution < 1.29 is 14.4 Å². The molecular formula is C22H28N3O2S+. The number of aromatic nitrogens is 1. The van der Waals surface area contributed by atoms with Gasteiger partial charge in [0.1, 0.15) is 11.3 Å². The first-order chi connectivity index (χ1) is 13.5. The summed E-state index contributed by atoms with van der Waals surface area (Å²) in [6, 6.07) is 13.9. The number of benzene rings is 2. The Morgan fingerprint density at radius 3 is 2.61 bits per heavy atom. The minimum atomic E-state index is 0.0793. The maximum Gasteiger partial charge on any atom is 0.233 e. The fourth-order valence-electron chi connectivity index (χ4n) is 3.16. The lowest BCUT2D eigenvalue weighted by atomic mass is 10.1. The van der Waals surface area contributed by atoms with E-state index in [4.69, 9.17) is 9.72 Å². The summed E-state index contributed by atoms with van der Waals surface area (Å²) in [6.07, 6.45) is 1.30. The molecule has 148 valence electrons. The highest BCUT2D eigenvalue weighted by Gasteiger charge is 2.22. The minimum absolute atomic E-state index is 0.0793. The van der Waals surface area contributed by atoms with Crippen LogP contribution in [0.1, 0.15) is 17.5 Å². The van der Waals surface area contributed by atoms with E-state index in [0.717, 1.165) is 45.2 Å². The lowest BCUT2D eigenvalue weighted by molar-refractivity contribution is -0.858. The molecule has 0 aliphatic carbocycles. The zero-order chi connectivity index (χ0) is 20.1. The largest absolute Gasteiger partial charge is 0.494 e. The predicted octanol–water partition coefficient (Wildman–Crippen LogP) is 2.72. The number of hydrogen-bond acceptors (Lipinski definition) is 4. The van der Waals surface area contributed by atoms with Crippen LogP contribution >= 0.6 is 11.3 Å². The molecule has 0 unspecified atom stereocenters. The number of rotatable bonds is 8. The lowest BCUT2D eigenvalue weighted by Crippen LogP contribution is -3.05. The van der Waals surface area contributed by atoms with E-state index in [1.54, 1.807) is 18.4 Å². The van der Waals surface area contributed by atoms with E-state index in [0.29, 0.717) is 13.0 Å². The standard InChI is InChI=1S/C22H27N3O2S/c1-16-11-12-18(27-4)20-21(16)28-22(23-20)25(14-8-13-24(2)3)19(26)15-17-9-6-5-7-10-17/h5-7,9-12H,8,13-15H2,1-4H3/p+1. The first-order valence-corrected chi connectivity index (χ1v) is 10.4. The molecular weight excluding hydrogens is 370 g/mol. The number of quaternary nitrogens is 1. The van der Waals surface area contributed by atoms with Crippen LogP contribution in [-0.2, 0) is 11.2 Å². The van der Waals surface area contributed by atoms with E-state index < -0.39 is 0 Å². The molecule has 1 amide bonds. The molecule has 1 heterocycles. The number of fused-ring (bicyclic) bond motifs is 1. The summed E-state index contributed by atoms with van der Waals surface area (Å²) < 4.78 is 6.56. The number of thiazole rings is 1. The van der Waals surface area contributed by atoms with Gasteiger partial charge in [0.25, 0.3) is 0 Å². The third-order valence-corrected chi connectivity index (χ3v) is 5.91. The number of hydrogen-bond donors (Lipinski definition) is 1. The van der Waals surface area contributed by atoms with Gasteiger partial charge in [-0.25, -0.2) is 4.98 Å². The Kier molecular flexibility index (Phi) is 6.65. The minimum Gasteiger partial charge on any atom is -0.494 e. The molecule has 0 aliphatic heterocycles. The maximum atomic E-state index is 13.2. The Hall–Kier alpha value is -2.44. The predicted molar refractivity (Wildman–Crippen MR) is 116 cm³/mol. The van der Waals surface area contributed by atoms with Crippen molar-refractivity contribution >= 4 is 32.6 Å². The van der Waals surface area contributed by atoms with Gasteiger partial charge in [-0.1, -0.05) is 47.7 Å². The molecule has 28 heavy (non-hydrogen) atoms. The van der Waals surface area contributed by atoms with Gasteiger partial charge in [-0.15, -0.1) is 0 Å². The second-order valence-electron chi connectivity index (χ2n) is 7.28. The summed E-state index contributed by atoms with van der Waals surface area (Å²) in [7, 11) is 5.91. The number of aryl methyl sites for hydroxylation is 1. The molecule has 0 spiro atoms. The molecule has 0 fully saturated rings. The summed E-state index contributed by atoms with van der Waals surface area (Å²) in [5.74, 6) is 0.826. The summed E-state index contributed by atoms with van der Waals surface area (Å²) in [5, 5.41) is 0.747. The van der Waals surface area contributed by atoms with Crippen molar-refractivity contribution in [2.45, 2.75) is 19.8 Å². The molecule has 0 saturated heterocycles. The van der Waals surface area contributed by atoms with Crippen molar-refractivity contribution in [2.24, 2.45) is 0 Å². The summed E-state index contributed by atoms with van der Waals surface area (Å²) in [5.41, 5.74) is 3.00. The van der Waals surface area contributed by atoms with Gasteiger partial charge >= 0.3 is 0 Å². The van der Waals surface area contributed by atoms with Gasteiger partial charge in [0.2, 0.25) is 5.91 Å². The van der Waals surface area contributed by atoms with E-state index >= 15 is 0 Å². The van der Waals surface area contributed by atoms with Crippen LogP contribution in [0.2, 0.25) is 0 Å². The Morgan fingerprint density at radius 2 is 1.93 bits per heavy atom. The molecule has 2 aromatic carbocycles. The number of anilines is 1. The molecule has 6 heteroatoms. The molecule has 1 aromatic heterocycles. The van der Waals surface area contributed by atoms with Gasteiger partial charge < -0.3 is 9.64 Å². The zero-order valence-corrected chi connectivity index (χ0v) is 17.8. The van der Waals surface area contributed by atoms with Crippen molar-refractivity contribution in [3.8, 4) is 5.75 Å². The van der Waals surface area contributed by atoms with E-state index in [1.807, 2.05) is 47.4 Å². The monoisotopic (exact) mass is 398 g/mol. The third-order valence-electron chi connectivity index (χ3n) is 4.70. The van der Waals surface area contributed by atoms with Gasteiger partial charge in [0.05, 0.1) is 38.9 Å². The Bertz CT molecular complexity index is 938. The average molecular weight is 399 g/mol. The topological polar surface area (TPSA) is 46.9 Å². The van der Waals surface area contributed by atoms with Gasteiger partial charge in [-0.3, -0.25) is 9.69 Å². The summed E-state index contributed by atoms with van der Waals surface area (Å²) in [4.78, 5) is 21.2. The van der Waals surface area contributed by atoms with Crippen LogP contribution in [0.3, 0.4) is 0 Å². The zero-order valence-electron chi connectivity index (χ0n) is 17.0. The van der Waals surface area contributed by atoms with E-state index in [9.17, 15) is 4.79 Å². The van der Waals surface area contributed by atoms with Crippen LogP contribution in [0.4, 0.5) is 5.13 Å². The van der Waals surface area contributed by atoms with Crippen LogP contribution in [0.5, 0.6) is 5.75 Å². The number of amides is 1. The first-order valence-electron chi connectivity index (χ1n) is 9.57. The van der Waals surface area contributed by atoms with Gasteiger partial charge in [0.15, 0.2) is 5.13 Å². The fourth-order valence-corrected chi connectivity index (χ4v) is 4.26. The fraction of sp³-hybridized carbons (Fsp3) is 0.364. The normalized spacial score (nSPS) is 11.2. The molecule has 1 N–H and O–H groups in total. The number of nitrogens with one attached hydrogen (secondary N) is 1. The van der Waals surface area contributed by atoms with E-state index in [2.05, 4.69) is 21.0 Å².